The Kier molecular flexibility index (Phi) is 4.07. The highest BCUT2D eigenvalue weighted by Gasteiger charge is 2.50. The molecule has 1 aromatic carbocycles. The Balaban J connectivity index is 1.76. The molecule has 2 aliphatic heterocycles. The molecule has 0 saturated carbocycles. The van der Waals surface area contributed by atoms with Gasteiger partial charge in [0.1, 0.15) is 6.04 Å². The van der Waals surface area contributed by atoms with Gasteiger partial charge in [-0.3, -0.25) is 14.4 Å². The Hall–Kier alpha value is -2.37. The maximum Gasteiger partial charge on any atom is 0.253 e. The van der Waals surface area contributed by atoms with E-state index in [4.69, 9.17) is 0 Å². The van der Waals surface area contributed by atoms with Crippen molar-refractivity contribution in [3.8, 4) is 0 Å². The zero-order valence-electron chi connectivity index (χ0n) is 13.4. The van der Waals surface area contributed by atoms with Crippen LogP contribution >= 0.6 is 0 Å². The average molecular weight is 315 g/mol. The van der Waals surface area contributed by atoms with Gasteiger partial charge in [-0.1, -0.05) is 18.2 Å². The Labute approximate surface area is 135 Å². The zero-order chi connectivity index (χ0) is 16.6. The van der Waals surface area contributed by atoms with E-state index in [1.807, 2.05) is 18.2 Å². The van der Waals surface area contributed by atoms with E-state index >= 15 is 0 Å². The summed E-state index contributed by atoms with van der Waals surface area (Å²) in [5.74, 6) is -0.0931. The molecule has 6 nitrogen and oxygen atoms in total. The molecule has 2 aliphatic rings. The number of nitrogens with zero attached hydrogens (tertiary/aromatic N) is 2. The number of fused-ring (bicyclic) bond motifs is 1. The van der Waals surface area contributed by atoms with Crippen LogP contribution in [0.5, 0.6) is 0 Å². The maximum absolute atomic E-state index is 12.6. The summed E-state index contributed by atoms with van der Waals surface area (Å²) in [7, 11) is 1.58. The molecule has 0 aliphatic carbocycles. The third kappa shape index (κ3) is 2.69. The molecule has 6 heteroatoms. The smallest absolute Gasteiger partial charge is 0.253 e. The second-order valence-electron chi connectivity index (χ2n) is 6.20. The van der Waals surface area contributed by atoms with Gasteiger partial charge in [0.25, 0.3) is 5.91 Å². The molecule has 2 saturated heterocycles. The molecule has 0 radical (unpaired) electrons. The molecule has 3 rings (SSSR count). The van der Waals surface area contributed by atoms with Gasteiger partial charge in [-0.2, -0.15) is 0 Å². The monoisotopic (exact) mass is 315 g/mol. The summed E-state index contributed by atoms with van der Waals surface area (Å²) < 4.78 is 0. The van der Waals surface area contributed by atoms with Gasteiger partial charge in [0.2, 0.25) is 11.8 Å². The molecule has 0 aromatic heterocycles. The molecule has 0 spiro atoms. The number of likely N-dealkylation sites (tertiary alicyclic amines) is 2. The first-order valence-corrected chi connectivity index (χ1v) is 7.87. The molecule has 3 amide bonds. The first-order chi connectivity index (χ1) is 11.0. The van der Waals surface area contributed by atoms with Gasteiger partial charge in [-0.15, -0.1) is 0 Å². The van der Waals surface area contributed by atoms with E-state index in [2.05, 4.69) is 5.32 Å². The van der Waals surface area contributed by atoms with Crippen molar-refractivity contribution in [2.24, 2.45) is 5.92 Å². The summed E-state index contributed by atoms with van der Waals surface area (Å²) in [5, 5.41) is 2.63. The molecule has 2 heterocycles. The molecular weight excluding hydrogens is 294 g/mol. The summed E-state index contributed by atoms with van der Waals surface area (Å²) >= 11 is 0. The Bertz CT molecular complexity index is 631. The van der Waals surface area contributed by atoms with E-state index in [9.17, 15) is 14.4 Å². The number of hydrogen-bond donors (Lipinski definition) is 1. The number of hydrogen-bond acceptors (Lipinski definition) is 3. The fourth-order valence-corrected chi connectivity index (χ4v) is 3.81. The molecule has 3 atom stereocenters. The van der Waals surface area contributed by atoms with Crippen molar-refractivity contribution in [1.29, 1.82) is 0 Å². The normalized spacial score (nSPS) is 26.1. The van der Waals surface area contributed by atoms with E-state index < -0.39 is 6.04 Å². The molecule has 23 heavy (non-hydrogen) atoms. The number of likely N-dealkylation sites (N-methyl/N-ethyl adjacent to an activating group) is 1. The minimum absolute atomic E-state index is 0.0139. The van der Waals surface area contributed by atoms with Crippen LogP contribution in [0.25, 0.3) is 0 Å². The minimum Gasteiger partial charge on any atom is -0.357 e. The number of carbonyl (C=O) groups is 3. The largest absolute Gasteiger partial charge is 0.357 e. The topological polar surface area (TPSA) is 69.7 Å². The van der Waals surface area contributed by atoms with Crippen LogP contribution in [0.1, 0.15) is 23.7 Å². The van der Waals surface area contributed by atoms with E-state index in [0.29, 0.717) is 25.1 Å². The van der Waals surface area contributed by atoms with Gasteiger partial charge in [0, 0.05) is 38.5 Å². The van der Waals surface area contributed by atoms with Crippen molar-refractivity contribution < 1.29 is 14.4 Å². The zero-order valence-corrected chi connectivity index (χ0v) is 13.4. The summed E-state index contributed by atoms with van der Waals surface area (Å²) in [5.41, 5.74) is 0.657. The summed E-state index contributed by atoms with van der Waals surface area (Å²) in [6.45, 7) is 2.57. The molecule has 0 bridgehead atoms. The molecule has 1 N–H and O–H groups in total. The van der Waals surface area contributed by atoms with E-state index in [1.165, 1.54) is 6.92 Å². The van der Waals surface area contributed by atoms with Crippen molar-refractivity contribution in [3.05, 3.63) is 35.9 Å². The molecule has 1 aromatic rings. The predicted octanol–water partition coefficient (Wildman–Crippen LogP) is 0.494. The van der Waals surface area contributed by atoms with Gasteiger partial charge in [-0.25, -0.2) is 0 Å². The average Bonchev–Trinajstić information content (AvgIpc) is 3.11. The van der Waals surface area contributed by atoms with Gasteiger partial charge >= 0.3 is 0 Å². The first kappa shape index (κ1) is 15.5. The summed E-state index contributed by atoms with van der Waals surface area (Å²) in [6, 6.07) is 8.67. The van der Waals surface area contributed by atoms with Crippen LogP contribution < -0.4 is 5.32 Å². The third-order valence-corrected chi connectivity index (χ3v) is 4.85. The van der Waals surface area contributed by atoms with Gasteiger partial charge < -0.3 is 15.1 Å². The third-order valence-electron chi connectivity index (χ3n) is 4.85. The lowest BCUT2D eigenvalue weighted by molar-refractivity contribution is -0.138. The number of rotatable bonds is 2. The highest BCUT2D eigenvalue weighted by molar-refractivity contribution is 5.94. The van der Waals surface area contributed by atoms with Gasteiger partial charge in [0.15, 0.2) is 0 Å². The fraction of sp³-hybridized carbons (Fsp3) is 0.471. The standard InChI is InChI=1S/C17H21N3O3/c1-11(21)20-14(16(22)18-2)8-13-9-19(10-15(13)20)17(23)12-6-4-3-5-7-12/h3-7,13-15H,8-10H2,1-2H3,(H,18,22)/t13-,14-,15+/m0/s1. The number of carbonyl (C=O) groups excluding carboxylic acids is 3. The summed E-state index contributed by atoms with van der Waals surface area (Å²) in [4.78, 5) is 40.0. The van der Waals surface area contributed by atoms with E-state index in [0.717, 1.165) is 0 Å². The molecule has 0 unspecified atom stereocenters. The first-order valence-electron chi connectivity index (χ1n) is 7.87. The van der Waals surface area contributed by atoms with Crippen LogP contribution in [0.4, 0.5) is 0 Å². The van der Waals surface area contributed by atoms with Crippen molar-refractivity contribution in [2.75, 3.05) is 20.1 Å². The Morgan fingerprint density at radius 1 is 1.13 bits per heavy atom. The lowest BCUT2D eigenvalue weighted by atomic mass is 10.0. The van der Waals surface area contributed by atoms with Crippen LogP contribution in [0.2, 0.25) is 0 Å². The van der Waals surface area contributed by atoms with Crippen LogP contribution in [-0.4, -0.2) is 59.7 Å². The lowest BCUT2D eigenvalue weighted by Gasteiger charge is -2.28. The second-order valence-corrected chi connectivity index (χ2v) is 6.20. The highest BCUT2D eigenvalue weighted by Crippen LogP contribution is 2.36. The number of amides is 3. The SMILES string of the molecule is CNC(=O)[C@@H]1C[C@H]2CN(C(=O)c3ccccc3)C[C@H]2N1C(C)=O. The maximum atomic E-state index is 12.6. The van der Waals surface area contributed by atoms with Crippen LogP contribution in [0, 0.1) is 5.92 Å². The van der Waals surface area contributed by atoms with Crippen LogP contribution in [0.3, 0.4) is 0 Å². The van der Waals surface area contributed by atoms with Gasteiger partial charge in [0.05, 0.1) is 6.04 Å². The lowest BCUT2D eigenvalue weighted by Crippen LogP contribution is -2.49. The van der Waals surface area contributed by atoms with Crippen molar-refractivity contribution in [3.63, 3.8) is 0 Å². The molecule has 2 fully saturated rings. The quantitative estimate of drug-likeness (QED) is 0.864. The Morgan fingerprint density at radius 3 is 2.43 bits per heavy atom. The van der Waals surface area contributed by atoms with Gasteiger partial charge in [-0.05, 0) is 18.6 Å². The van der Waals surface area contributed by atoms with Crippen molar-refractivity contribution in [1.82, 2.24) is 15.1 Å². The highest BCUT2D eigenvalue weighted by atomic mass is 16.2. The predicted molar refractivity (Wildman–Crippen MR) is 84.6 cm³/mol. The van der Waals surface area contributed by atoms with E-state index in [1.54, 1.807) is 29.0 Å². The van der Waals surface area contributed by atoms with E-state index in [-0.39, 0.29) is 29.7 Å². The number of nitrogens with one attached hydrogen (secondary N) is 1. The number of benzene rings is 1. The fourth-order valence-electron chi connectivity index (χ4n) is 3.81. The van der Waals surface area contributed by atoms with Crippen LogP contribution in [-0.2, 0) is 9.59 Å². The van der Waals surface area contributed by atoms with Crippen LogP contribution in [0.15, 0.2) is 30.3 Å². The summed E-state index contributed by atoms with van der Waals surface area (Å²) in [6.07, 6.45) is 0.614. The molecule has 122 valence electrons. The Morgan fingerprint density at radius 2 is 1.83 bits per heavy atom. The van der Waals surface area contributed by atoms with Crippen molar-refractivity contribution >= 4 is 17.7 Å². The minimum atomic E-state index is -0.415. The molecular formula is C17H21N3O3. The second kappa shape index (κ2) is 6.02. The van der Waals surface area contributed by atoms with Crippen molar-refractivity contribution in [2.45, 2.75) is 25.4 Å².